The molecule has 7 heteroatoms. The van der Waals surface area contributed by atoms with Crippen molar-refractivity contribution in [2.75, 3.05) is 18.5 Å². The van der Waals surface area contributed by atoms with Crippen molar-refractivity contribution in [2.45, 2.75) is 69.9 Å². The van der Waals surface area contributed by atoms with Crippen molar-refractivity contribution in [3.63, 3.8) is 0 Å². The van der Waals surface area contributed by atoms with Gasteiger partial charge in [-0.3, -0.25) is 0 Å². The quantitative estimate of drug-likeness (QED) is 0.887. The van der Waals surface area contributed by atoms with Gasteiger partial charge in [-0.25, -0.2) is 14.5 Å². The van der Waals surface area contributed by atoms with E-state index in [1.54, 1.807) is 0 Å². The number of nitrogens with one attached hydrogen (secondary N) is 1. The SMILES string of the molecule is Cc1nc(C2(C)CCCCC2)n2nc(N[C@@H]3CCOC[C@H]3O)ncc12. The maximum Gasteiger partial charge on any atom is 0.241 e. The van der Waals surface area contributed by atoms with Gasteiger partial charge in [-0.15, -0.1) is 5.10 Å². The predicted octanol–water partition coefficient (Wildman–Crippen LogP) is 2.22. The average Bonchev–Trinajstić information content (AvgIpc) is 2.95. The lowest BCUT2D eigenvalue weighted by atomic mass is 9.75. The number of aromatic nitrogens is 4. The first kappa shape index (κ1) is 16.7. The molecule has 1 saturated carbocycles. The van der Waals surface area contributed by atoms with Gasteiger partial charge in [0, 0.05) is 12.0 Å². The van der Waals surface area contributed by atoms with E-state index >= 15 is 0 Å². The second-order valence-electron chi connectivity index (χ2n) is 7.70. The van der Waals surface area contributed by atoms with Crippen LogP contribution >= 0.6 is 0 Å². The van der Waals surface area contributed by atoms with Crippen molar-refractivity contribution in [3.05, 3.63) is 17.7 Å². The summed E-state index contributed by atoms with van der Waals surface area (Å²) in [6, 6.07) is -0.0791. The van der Waals surface area contributed by atoms with Gasteiger partial charge in [-0.2, -0.15) is 0 Å². The summed E-state index contributed by atoms with van der Waals surface area (Å²) in [5.74, 6) is 1.58. The van der Waals surface area contributed by atoms with E-state index in [0.29, 0.717) is 19.2 Å². The Hall–Kier alpha value is -1.73. The summed E-state index contributed by atoms with van der Waals surface area (Å²) in [7, 11) is 0. The van der Waals surface area contributed by atoms with Crippen LogP contribution in [0.25, 0.3) is 5.52 Å². The van der Waals surface area contributed by atoms with Crippen molar-refractivity contribution in [1.29, 1.82) is 0 Å². The van der Waals surface area contributed by atoms with E-state index < -0.39 is 6.10 Å². The van der Waals surface area contributed by atoms with Crippen LogP contribution in [0.5, 0.6) is 0 Å². The predicted molar refractivity (Wildman–Crippen MR) is 94.8 cm³/mol. The summed E-state index contributed by atoms with van der Waals surface area (Å²) in [5.41, 5.74) is 2.00. The summed E-state index contributed by atoms with van der Waals surface area (Å²) in [4.78, 5) is 9.29. The van der Waals surface area contributed by atoms with E-state index in [2.05, 4.69) is 17.2 Å². The van der Waals surface area contributed by atoms with Crippen molar-refractivity contribution >= 4 is 11.5 Å². The lowest BCUT2D eigenvalue weighted by molar-refractivity contribution is -0.0136. The molecule has 0 spiro atoms. The Morgan fingerprint density at radius 3 is 2.88 bits per heavy atom. The summed E-state index contributed by atoms with van der Waals surface area (Å²) in [5, 5.41) is 18.1. The number of aliphatic hydroxyl groups is 1. The first-order chi connectivity index (χ1) is 12.1. The van der Waals surface area contributed by atoms with Crippen LogP contribution in [0, 0.1) is 6.92 Å². The average molecular weight is 345 g/mol. The van der Waals surface area contributed by atoms with Gasteiger partial charge in [0.25, 0.3) is 0 Å². The van der Waals surface area contributed by atoms with Crippen molar-refractivity contribution in [2.24, 2.45) is 0 Å². The summed E-state index contributed by atoms with van der Waals surface area (Å²) in [6.07, 6.45) is 8.14. The third-order valence-corrected chi connectivity index (χ3v) is 5.71. The highest BCUT2D eigenvalue weighted by Gasteiger charge is 2.34. The molecule has 2 N–H and O–H groups in total. The van der Waals surface area contributed by atoms with Crippen LogP contribution in [0.4, 0.5) is 5.95 Å². The molecule has 1 aliphatic carbocycles. The van der Waals surface area contributed by atoms with E-state index in [-0.39, 0.29) is 11.5 Å². The highest BCUT2D eigenvalue weighted by Crippen LogP contribution is 2.38. The fourth-order valence-corrected chi connectivity index (χ4v) is 4.09. The zero-order chi connectivity index (χ0) is 17.4. The highest BCUT2D eigenvalue weighted by atomic mass is 16.5. The Balaban J connectivity index is 1.68. The fraction of sp³-hybridized carbons (Fsp3) is 0.722. The molecule has 0 amide bonds. The molecule has 3 heterocycles. The smallest absolute Gasteiger partial charge is 0.241 e. The van der Waals surface area contributed by atoms with E-state index in [9.17, 15) is 5.11 Å². The van der Waals surface area contributed by atoms with Gasteiger partial charge >= 0.3 is 0 Å². The van der Waals surface area contributed by atoms with Gasteiger partial charge < -0.3 is 15.2 Å². The van der Waals surface area contributed by atoms with E-state index in [0.717, 1.165) is 36.3 Å². The first-order valence-electron chi connectivity index (χ1n) is 9.32. The topological polar surface area (TPSA) is 84.6 Å². The fourth-order valence-electron chi connectivity index (χ4n) is 4.09. The monoisotopic (exact) mass is 345 g/mol. The van der Waals surface area contributed by atoms with Crippen LogP contribution in [0.2, 0.25) is 0 Å². The maximum absolute atomic E-state index is 10.1. The molecule has 4 rings (SSSR count). The van der Waals surface area contributed by atoms with Gasteiger partial charge in [-0.1, -0.05) is 26.2 Å². The zero-order valence-corrected chi connectivity index (χ0v) is 15.0. The summed E-state index contributed by atoms with van der Waals surface area (Å²) in [6.45, 7) is 5.32. The number of aryl methyl sites for hydroxylation is 1. The van der Waals surface area contributed by atoms with Gasteiger partial charge in [0.1, 0.15) is 11.3 Å². The van der Waals surface area contributed by atoms with Crippen LogP contribution in [0.15, 0.2) is 6.20 Å². The molecular weight excluding hydrogens is 318 g/mol. The van der Waals surface area contributed by atoms with Gasteiger partial charge in [-0.05, 0) is 26.2 Å². The molecule has 2 fully saturated rings. The van der Waals surface area contributed by atoms with Crippen LogP contribution < -0.4 is 5.32 Å². The highest BCUT2D eigenvalue weighted by molar-refractivity contribution is 5.52. The number of nitrogens with zero attached hydrogens (tertiary/aromatic N) is 4. The molecule has 0 bridgehead atoms. The minimum Gasteiger partial charge on any atom is -0.389 e. The molecule has 0 aromatic carbocycles. The number of rotatable bonds is 3. The second kappa shape index (κ2) is 6.53. The van der Waals surface area contributed by atoms with Gasteiger partial charge in [0.15, 0.2) is 0 Å². The van der Waals surface area contributed by atoms with Crippen LogP contribution in [-0.4, -0.2) is 50.0 Å². The van der Waals surface area contributed by atoms with E-state index in [1.165, 1.54) is 19.3 Å². The standard InChI is InChI=1S/C18H27N5O2/c1-12-14-10-19-17(21-13-6-9-25-11-15(13)24)22-23(14)16(20-12)18(2)7-4-3-5-8-18/h10,13,15,24H,3-9,11H2,1-2H3,(H,21,22)/t13-,15-/m1/s1. The Bertz CT molecular complexity index is 753. The van der Waals surface area contributed by atoms with Crippen LogP contribution in [0.3, 0.4) is 0 Å². The molecule has 1 aliphatic heterocycles. The molecule has 136 valence electrons. The molecule has 2 aromatic rings. The molecule has 2 atom stereocenters. The van der Waals surface area contributed by atoms with Crippen LogP contribution in [0.1, 0.15) is 57.0 Å². The Morgan fingerprint density at radius 1 is 1.32 bits per heavy atom. The van der Waals surface area contributed by atoms with Crippen molar-refractivity contribution in [3.8, 4) is 0 Å². The number of hydrogen-bond acceptors (Lipinski definition) is 6. The lowest BCUT2D eigenvalue weighted by Crippen LogP contribution is -2.42. The summed E-state index contributed by atoms with van der Waals surface area (Å²) < 4.78 is 7.25. The normalized spacial score (nSPS) is 26.7. The molecule has 0 unspecified atom stereocenters. The number of fused-ring (bicyclic) bond motifs is 1. The largest absolute Gasteiger partial charge is 0.389 e. The minimum absolute atomic E-state index is 0.0687. The van der Waals surface area contributed by atoms with E-state index in [4.69, 9.17) is 14.8 Å². The third kappa shape index (κ3) is 3.11. The Morgan fingerprint density at radius 2 is 2.12 bits per heavy atom. The van der Waals surface area contributed by atoms with E-state index in [1.807, 2.05) is 17.6 Å². The number of ether oxygens (including phenoxy) is 1. The molecule has 7 nitrogen and oxygen atoms in total. The Kier molecular flexibility index (Phi) is 4.37. The Labute approximate surface area is 147 Å². The maximum atomic E-state index is 10.1. The molecular formula is C18H27N5O2. The number of hydrogen-bond donors (Lipinski definition) is 2. The first-order valence-corrected chi connectivity index (χ1v) is 9.32. The van der Waals surface area contributed by atoms with Gasteiger partial charge in [0.2, 0.25) is 5.95 Å². The van der Waals surface area contributed by atoms with Crippen molar-refractivity contribution in [1.82, 2.24) is 19.6 Å². The molecule has 1 saturated heterocycles. The zero-order valence-electron chi connectivity index (χ0n) is 15.0. The number of aliphatic hydroxyl groups excluding tert-OH is 1. The third-order valence-electron chi connectivity index (χ3n) is 5.71. The minimum atomic E-state index is -0.534. The van der Waals surface area contributed by atoms with Crippen LogP contribution in [-0.2, 0) is 10.2 Å². The van der Waals surface area contributed by atoms with Gasteiger partial charge in [0.05, 0.1) is 30.6 Å². The summed E-state index contributed by atoms with van der Waals surface area (Å²) >= 11 is 0. The second-order valence-corrected chi connectivity index (χ2v) is 7.70. The lowest BCUT2D eigenvalue weighted by Gasteiger charge is -2.32. The molecule has 2 aromatic heterocycles. The molecule has 25 heavy (non-hydrogen) atoms. The molecule has 0 radical (unpaired) electrons. The number of imidazole rings is 1. The molecule has 2 aliphatic rings. The number of anilines is 1. The van der Waals surface area contributed by atoms with Crippen molar-refractivity contribution < 1.29 is 9.84 Å².